The topological polar surface area (TPSA) is 29.5 Å². The van der Waals surface area contributed by atoms with Crippen LogP contribution in [0.3, 0.4) is 0 Å². The lowest BCUT2D eigenvalue weighted by Crippen LogP contribution is -2.26. The molecule has 0 saturated carbocycles. The van der Waals surface area contributed by atoms with Crippen molar-refractivity contribution in [3.05, 3.63) is 29.6 Å². The number of halogens is 1. The van der Waals surface area contributed by atoms with Gasteiger partial charge in [-0.25, -0.2) is 4.39 Å². The van der Waals surface area contributed by atoms with Crippen molar-refractivity contribution >= 4 is 11.8 Å². The molecule has 1 unspecified atom stereocenters. The number of aliphatic hydroxyl groups is 1. The van der Waals surface area contributed by atoms with Gasteiger partial charge >= 0.3 is 0 Å². The smallest absolute Gasteiger partial charge is 0.125 e. The van der Waals surface area contributed by atoms with Gasteiger partial charge < -0.3 is 9.84 Å². The number of rotatable bonds is 3. The number of hydrogen-bond acceptors (Lipinski definition) is 3. The van der Waals surface area contributed by atoms with Gasteiger partial charge in [-0.3, -0.25) is 0 Å². The second-order valence-electron chi connectivity index (χ2n) is 3.95. The summed E-state index contributed by atoms with van der Waals surface area (Å²) in [7, 11) is 0. The number of ether oxygens (including phenoxy) is 1. The van der Waals surface area contributed by atoms with Crippen molar-refractivity contribution in [2.75, 3.05) is 12.0 Å². The minimum absolute atomic E-state index is 0.0420. The maximum absolute atomic E-state index is 13.0. The van der Waals surface area contributed by atoms with Gasteiger partial charge in [0, 0.05) is 12.0 Å². The third kappa shape index (κ3) is 2.50. The zero-order chi connectivity index (χ0) is 11.5. The largest absolute Gasteiger partial charge is 0.490 e. The summed E-state index contributed by atoms with van der Waals surface area (Å²) in [6.45, 7) is 0. The van der Waals surface area contributed by atoms with E-state index < -0.39 is 6.10 Å². The number of hydrogen-bond donors (Lipinski definition) is 1. The van der Waals surface area contributed by atoms with Gasteiger partial charge in [-0.1, -0.05) is 0 Å². The van der Waals surface area contributed by atoms with Crippen LogP contribution >= 0.6 is 11.8 Å². The van der Waals surface area contributed by atoms with E-state index in [1.54, 1.807) is 17.8 Å². The molecule has 1 aromatic rings. The first-order chi connectivity index (χ1) is 7.70. The Bertz CT molecular complexity index is 370. The molecule has 0 radical (unpaired) electrons. The lowest BCUT2D eigenvalue weighted by Gasteiger charge is -2.29. The third-order valence-corrected chi connectivity index (χ3v) is 3.40. The maximum Gasteiger partial charge on any atom is 0.125 e. The fraction of sp³-hybridized carbons (Fsp3) is 0.500. The van der Waals surface area contributed by atoms with Gasteiger partial charge in [0.2, 0.25) is 0 Å². The molecule has 1 heterocycles. The van der Waals surface area contributed by atoms with Crippen molar-refractivity contribution in [2.45, 2.75) is 25.0 Å². The van der Waals surface area contributed by atoms with Crippen LogP contribution in [0.1, 0.15) is 24.5 Å². The predicted molar refractivity (Wildman–Crippen MR) is 63.4 cm³/mol. The Kier molecular flexibility index (Phi) is 3.71. The van der Waals surface area contributed by atoms with Gasteiger partial charge in [-0.2, -0.15) is 11.8 Å². The molecule has 16 heavy (non-hydrogen) atoms. The highest BCUT2D eigenvalue weighted by molar-refractivity contribution is 7.98. The molecule has 2 atom stereocenters. The molecular weight excluding hydrogens is 227 g/mol. The molecule has 1 aliphatic heterocycles. The molecule has 0 spiro atoms. The summed E-state index contributed by atoms with van der Waals surface area (Å²) in [5.41, 5.74) is 0.570. The molecule has 0 aliphatic carbocycles. The predicted octanol–water partition coefficient (Wildman–Crippen LogP) is 2.76. The molecule has 1 aliphatic rings. The summed E-state index contributed by atoms with van der Waals surface area (Å²) in [5, 5.41) is 9.90. The highest BCUT2D eigenvalue weighted by atomic mass is 32.2. The lowest BCUT2D eigenvalue weighted by molar-refractivity contribution is 0.0644. The van der Waals surface area contributed by atoms with Gasteiger partial charge in [0.1, 0.15) is 17.7 Å². The molecule has 0 amide bonds. The van der Waals surface area contributed by atoms with Crippen LogP contribution in [0.5, 0.6) is 5.75 Å². The first-order valence-electron chi connectivity index (χ1n) is 5.34. The first kappa shape index (κ1) is 11.7. The minimum Gasteiger partial charge on any atom is -0.490 e. The van der Waals surface area contributed by atoms with E-state index in [2.05, 4.69) is 0 Å². The van der Waals surface area contributed by atoms with Crippen LogP contribution in [0.15, 0.2) is 18.2 Å². The van der Waals surface area contributed by atoms with E-state index in [0.29, 0.717) is 17.7 Å². The average molecular weight is 242 g/mol. The van der Waals surface area contributed by atoms with Gasteiger partial charge in [-0.15, -0.1) is 0 Å². The number of benzene rings is 1. The summed E-state index contributed by atoms with van der Waals surface area (Å²) in [6, 6.07) is 4.31. The highest BCUT2D eigenvalue weighted by Gasteiger charge is 2.26. The summed E-state index contributed by atoms with van der Waals surface area (Å²) in [5.74, 6) is 1.30. The Balaban J connectivity index is 2.13. The molecule has 2 rings (SSSR count). The van der Waals surface area contributed by atoms with Crippen LogP contribution in [0.4, 0.5) is 4.39 Å². The Labute approximate surface area is 98.8 Å². The second kappa shape index (κ2) is 5.06. The summed E-state index contributed by atoms with van der Waals surface area (Å²) in [6.07, 6.45) is 2.95. The SMILES string of the molecule is CSCCC1C[C@@H](O)c2cc(F)ccc2O1. The Morgan fingerprint density at radius 1 is 1.56 bits per heavy atom. The van der Waals surface area contributed by atoms with Crippen molar-refractivity contribution in [3.63, 3.8) is 0 Å². The molecule has 88 valence electrons. The number of fused-ring (bicyclic) bond motifs is 1. The third-order valence-electron chi connectivity index (χ3n) is 2.75. The van der Waals surface area contributed by atoms with Gasteiger partial charge in [0.15, 0.2) is 0 Å². The molecule has 1 N–H and O–H groups in total. The number of thioether (sulfide) groups is 1. The zero-order valence-electron chi connectivity index (χ0n) is 9.15. The Morgan fingerprint density at radius 3 is 3.12 bits per heavy atom. The van der Waals surface area contributed by atoms with Crippen LogP contribution in [-0.4, -0.2) is 23.2 Å². The molecule has 0 fully saturated rings. The van der Waals surface area contributed by atoms with Crippen molar-refractivity contribution < 1.29 is 14.2 Å². The van der Waals surface area contributed by atoms with Crippen molar-refractivity contribution in [3.8, 4) is 5.75 Å². The second-order valence-corrected chi connectivity index (χ2v) is 4.94. The number of aliphatic hydroxyl groups excluding tert-OH is 1. The van der Waals surface area contributed by atoms with Gasteiger partial charge in [-0.05, 0) is 36.6 Å². The van der Waals surface area contributed by atoms with E-state index in [1.807, 2.05) is 6.26 Å². The van der Waals surface area contributed by atoms with E-state index in [-0.39, 0.29) is 11.9 Å². The molecule has 1 aromatic carbocycles. The summed E-state index contributed by atoms with van der Waals surface area (Å²) >= 11 is 1.76. The Hall–Kier alpha value is -0.740. The fourth-order valence-corrected chi connectivity index (χ4v) is 2.42. The van der Waals surface area contributed by atoms with E-state index in [1.165, 1.54) is 12.1 Å². The van der Waals surface area contributed by atoms with Crippen molar-refractivity contribution in [1.82, 2.24) is 0 Å². The normalized spacial score (nSPS) is 23.7. The summed E-state index contributed by atoms with van der Waals surface area (Å²) in [4.78, 5) is 0. The van der Waals surface area contributed by atoms with Crippen LogP contribution in [0.2, 0.25) is 0 Å². The van der Waals surface area contributed by atoms with Crippen LogP contribution < -0.4 is 4.74 Å². The highest BCUT2D eigenvalue weighted by Crippen LogP contribution is 2.36. The molecule has 4 heteroatoms. The van der Waals surface area contributed by atoms with Crippen molar-refractivity contribution in [1.29, 1.82) is 0 Å². The lowest BCUT2D eigenvalue weighted by atomic mass is 9.98. The minimum atomic E-state index is -0.605. The van der Waals surface area contributed by atoms with E-state index >= 15 is 0 Å². The molecule has 0 aromatic heterocycles. The van der Waals surface area contributed by atoms with Crippen LogP contribution in [0, 0.1) is 5.82 Å². The van der Waals surface area contributed by atoms with Gasteiger partial charge in [0.05, 0.1) is 6.10 Å². The molecular formula is C12H15FO2S. The maximum atomic E-state index is 13.0. The monoisotopic (exact) mass is 242 g/mol. The standard InChI is InChI=1S/C12H15FO2S/c1-16-5-4-9-7-11(14)10-6-8(13)2-3-12(10)15-9/h2-3,6,9,11,14H,4-5,7H2,1H3/t9?,11-/m1/s1. The molecule has 0 bridgehead atoms. The van der Waals surface area contributed by atoms with E-state index in [0.717, 1.165) is 12.2 Å². The summed E-state index contributed by atoms with van der Waals surface area (Å²) < 4.78 is 18.7. The zero-order valence-corrected chi connectivity index (χ0v) is 9.97. The fourth-order valence-electron chi connectivity index (χ4n) is 1.92. The average Bonchev–Trinajstić information content (AvgIpc) is 2.27. The Morgan fingerprint density at radius 2 is 2.38 bits per heavy atom. The molecule has 0 saturated heterocycles. The van der Waals surface area contributed by atoms with Gasteiger partial charge in [0.25, 0.3) is 0 Å². The molecule has 2 nitrogen and oxygen atoms in total. The van der Waals surface area contributed by atoms with E-state index in [4.69, 9.17) is 4.74 Å². The first-order valence-corrected chi connectivity index (χ1v) is 6.73. The van der Waals surface area contributed by atoms with Crippen molar-refractivity contribution in [2.24, 2.45) is 0 Å². The van der Waals surface area contributed by atoms with Crippen LogP contribution in [-0.2, 0) is 0 Å². The van der Waals surface area contributed by atoms with E-state index in [9.17, 15) is 9.50 Å². The quantitative estimate of drug-likeness (QED) is 0.883. The van der Waals surface area contributed by atoms with Crippen LogP contribution in [0.25, 0.3) is 0 Å².